The van der Waals surface area contributed by atoms with E-state index < -0.39 is 6.17 Å². The first-order valence-corrected chi connectivity index (χ1v) is 5.81. The second-order valence-corrected chi connectivity index (χ2v) is 4.78. The molecule has 2 rings (SSSR count). The zero-order valence-electron chi connectivity index (χ0n) is 9.25. The van der Waals surface area contributed by atoms with Gasteiger partial charge in [0.25, 0.3) is 0 Å². The lowest BCUT2D eigenvalue weighted by Crippen LogP contribution is -2.61. The number of likely N-dealkylation sites (tertiary alicyclic amines) is 2. The van der Waals surface area contributed by atoms with E-state index in [1.165, 1.54) is 0 Å². The van der Waals surface area contributed by atoms with Crippen LogP contribution >= 0.6 is 0 Å². The van der Waals surface area contributed by atoms with Crippen molar-refractivity contribution in [2.45, 2.75) is 32.5 Å². The van der Waals surface area contributed by atoms with Crippen LogP contribution in [0.4, 0.5) is 4.39 Å². The predicted molar refractivity (Wildman–Crippen MR) is 56.2 cm³/mol. The first-order chi connectivity index (χ1) is 6.70. The third-order valence-corrected chi connectivity index (χ3v) is 3.80. The van der Waals surface area contributed by atoms with Gasteiger partial charge in [-0.05, 0) is 25.4 Å². The van der Waals surface area contributed by atoms with Crippen LogP contribution in [0.15, 0.2) is 0 Å². The molecule has 0 bridgehead atoms. The van der Waals surface area contributed by atoms with E-state index in [9.17, 15) is 4.39 Å². The summed E-state index contributed by atoms with van der Waals surface area (Å²) < 4.78 is 13.5. The van der Waals surface area contributed by atoms with Crippen molar-refractivity contribution < 1.29 is 4.39 Å². The molecule has 82 valence electrons. The van der Waals surface area contributed by atoms with Crippen molar-refractivity contribution in [2.75, 3.05) is 32.7 Å². The number of alkyl halides is 1. The SMILES string of the molecule is CCN1CC(N2CC[C@@H](C)[C@H](F)C2)C1. The second kappa shape index (κ2) is 4.15. The molecule has 0 aliphatic carbocycles. The van der Waals surface area contributed by atoms with Crippen molar-refractivity contribution in [3.63, 3.8) is 0 Å². The molecule has 0 aromatic rings. The van der Waals surface area contributed by atoms with Gasteiger partial charge in [0.2, 0.25) is 0 Å². The molecule has 0 aromatic heterocycles. The van der Waals surface area contributed by atoms with Crippen molar-refractivity contribution in [1.29, 1.82) is 0 Å². The number of hydrogen-bond donors (Lipinski definition) is 0. The fraction of sp³-hybridized carbons (Fsp3) is 1.00. The van der Waals surface area contributed by atoms with E-state index in [1.807, 2.05) is 6.92 Å². The average Bonchev–Trinajstić information content (AvgIpc) is 2.09. The van der Waals surface area contributed by atoms with Gasteiger partial charge in [0.15, 0.2) is 0 Å². The minimum absolute atomic E-state index is 0.272. The summed E-state index contributed by atoms with van der Waals surface area (Å²) in [5, 5.41) is 0. The summed E-state index contributed by atoms with van der Waals surface area (Å²) in [6.07, 6.45) is 0.434. The molecule has 14 heavy (non-hydrogen) atoms. The number of halogens is 1. The van der Waals surface area contributed by atoms with Gasteiger partial charge < -0.3 is 4.90 Å². The molecule has 0 N–H and O–H groups in total. The summed E-state index contributed by atoms with van der Waals surface area (Å²) >= 11 is 0. The quantitative estimate of drug-likeness (QED) is 0.664. The van der Waals surface area contributed by atoms with E-state index in [2.05, 4.69) is 16.7 Å². The molecule has 0 unspecified atom stereocenters. The average molecular weight is 200 g/mol. The molecular formula is C11H21FN2. The number of likely N-dealkylation sites (N-methyl/N-ethyl adjacent to an activating group) is 1. The van der Waals surface area contributed by atoms with Crippen molar-refractivity contribution in [3.8, 4) is 0 Å². The molecule has 2 heterocycles. The van der Waals surface area contributed by atoms with E-state index in [-0.39, 0.29) is 5.92 Å². The van der Waals surface area contributed by atoms with Gasteiger partial charge in [0, 0.05) is 25.7 Å². The standard InChI is InChI=1S/C11H21FN2/c1-3-13-6-10(7-13)14-5-4-9(2)11(12)8-14/h9-11H,3-8H2,1-2H3/t9-,11-/m1/s1. The summed E-state index contributed by atoms with van der Waals surface area (Å²) in [4.78, 5) is 4.76. The van der Waals surface area contributed by atoms with Gasteiger partial charge in [0.05, 0.1) is 0 Å². The number of hydrogen-bond acceptors (Lipinski definition) is 2. The first-order valence-electron chi connectivity index (χ1n) is 5.81. The van der Waals surface area contributed by atoms with Crippen molar-refractivity contribution in [1.82, 2.24) is 9.80 Å². The van der Waals surface area contributed by atoms with Crippen LogP contribution in [0.2, 0.25) is 0 Å². The largest absolute Gasteiger partial charge is 0.300 e. The van der Waals surface area contributed by atoms with Crippen LogP contribution in [0.1, 0.15) is 20.3 Å². The van der Waals surface area contributed by atoms with Crippen LogP contribution in [0.3, 0.4) is 0 Å². The third kappa shape index (κ3) is 1.94. The molecule has 0 spiro atoms. The monoisotopic (exact) mass is 200 g/mol. The van der Waals surface area contributed by atoms with E-state index in [1.54, 1.807) is 0 Å². The third-order valence-electron chi connectivity index (χ3n) is 3.80. The highest BCUT2D eigenvalue weighted by Crippen LogP contribution is 2.24. The maximum absolute atomic E-state index is 13.5. The van der Waals surface area contributed by atoms with Gasteiger partial charge in [-0.25, -0.2) is 4.39 Å². The normalized spacial score (nSPS) is 37.1. The lowest BCUT2D eigenvalue weighted by molar-refractivity contribution is -0.00823. The van der Waals surface area contributed by atoms with Gasteiger partial charge in [0.1, 0.15) is 6.17 Å². The van der Waals surface area contributed by atoms with Crippen LogP contribution in [0.5, 0.6) is 0 Å². The predicted octanol–water partition coefficient (Wildman–Crippen LogP) is 1.37. The first kappa shape index (κ1) is 10.4. The number of piperidine rings is 1. The van der Waals surface area contributed by atoms with Crippen LogP contribution in [-0.4, -0.2) is 54.7 Å². The highest BCUT2D eigenvalue weighted by Gasteiger charge is 2.35. The molecule has 2 aliphatic heterocycles. The second-order valence-electron chi connectivity index (χ2n) is 4.78. The molecule has 2 atom stereocenters. The Kier molecular flexibility index (Phi) is 3.07. The van der Waals surface area contributed by atoms with Gasteiger partial charge in [-0.3, -0.25) is 4.90 Å². The van der Waals surface area contributed by atoms with E-state index >= 15 is 0 Å². The summed E-state index contributed by atoms with van der Waals surface area (Å²) in [5.41, 5.74) is 0. The van der Waals surface area contributed by atoms with Gasteiger partial charge in [-0.1, -0.05) is 13.8 Å². The number of rotatable bonds is 2. The van der Waals surface area contributed by atoms with Crippen molar-refractivity contribution >= 4 is 0 Å². The molecule has 0 aromatic carbocycles. The Balaban J connectivity index is 1.78. The van der Waals surface area contributed by atoms with Gasteiger partial charge >= 0.3 is 0 Å². The molecule has 0 amide bonds. The Morgan fingerprint density at radius 2 is 2.00 bits per heavy atom. The molecule has 2 nitrogen and oxygen atoms in total. The molecule has 0 radical (unpaired) electrons. The Labute approximate surface area is 86.1 Å². The van der Waals surface area contributed by atoms with Crippen molar-refractivity contribution in [2.24, 2.45) is 5.92 Å². The summed E-state index contributed by atoms with van der Waals surface area (Å²) in [6, 6.07) is 0.640. The molecule has 2 saturated heterocycles. The fourth-order valence-corrected chi connectivity index (χ4v) is 2.41. The Bertz CT molecular complexity index is 192. The summed E-state index contributed by atoms with van der Waals surface area (Å²) in [5.74, 6) is 0.272. The highest BCUT2D eigenvalue weighted by atomic mass is 19.1. The van der Waals surface area contributed by atoms with Gasteiger partial charge in [-0.15, -0.1) is 0 Å². The maximum Gasteiger partial charge on any atom is 0.115 e. The molecular weight excluding hydrogens is 179 g/mol. The molecule has 3 heteroatoms. The minimum atomic E-state index is -0.598. The van der Waals surface area contributed by atoms with Crippen LogP contribution < -0.4 is 0 Å². The lowest BCUT2D eigenvalue weighted by Gasteiger charge is -2.47. The molecule has 2 aliphatic rings. The summed E-state index contributed by atoms with van der Waals surface area (Å²) in [6.45, 7) is 9.43. The van der Waals surface area contributed by atoms with Crippen molar-refractivity contribution in [3.05, 3.63) is 0 Å². The smallest absolute Gasteiger partial charge is 0.115 e. The Morgan fingerprint density at radius 1 is 1.29 bits per heavy atom. The van der Waals surface area contributed by atoms with Crippen LogP contribution in [0, 0.1) is 5.92 Å². The zero-order chi connectivity index (χ0) is 10.1. The molecule has 0 saturated carbocycles. The van der Waals surface area contributed by atoms with E-state index in [0.29, 0.717) is 12.6 Å². The number of nitrogens with zero attached hydrogens (tertiary/aromatic N) is 2. The fourth-order valence-electron chi connectivity index (χ4n) is 2.41. The lowest BCUT2D eigenvalue weighted by atomic mass is 9.94. The maximum atomic E-state index is 13.5. The van der Waals surface area contributed by atoms with E-state index in [4.69, 9.17) is 0 Å². The highest BCUT2D eigenvalue weighted by molar-refractivity contribution is 4.91. The molecule has 2 fully saturated rings. The Morgan fingerprint density at radius 3 is 2.57 bits per heavy atom. The van der Waals surface area contributed by atoms with E-state index in [0.717, 1.165) is 32.6 Å². The van der Waals surface area contributed by atoms with Crippen LogP contribution in [-0.2, 0) is 0 Å². The zero-order valence-corrected chi connectivity index (χ0v) is 9.25. The summed E-state index contributed by atoms with van der Waals surface area (Å²) in [7, 11) is 0. The van der Waals surface area contributed by atoms with Crippen LogP contribution in [0.25, 0.3) is 0 Å². The Hall–Kier alpha value is -0.150. The van der Waals surface area contributed by atoms with Gasteiger partial charge in [-0.2, -0.15) is 0 Å². The minimum Gasteiger partial charge on any atom is -0.300 e. The topological polar surface area (TPSA) is 6.48 Å².